The van der Waals surface area contributed by atoms with Gasteiger partial charge >= 0.3 is 7.60 Å². The van der Waals surface area contributed by atoms with Crippen molar-refractivity contribution in [3.8, 4) is 0 Å². The zero-order valence-electron chi connectivity index (χ0n) is 13.5. The molecule has 0 radical (unpaired) electrons. The summed E-state index contributed by atoms with van der Waals surface area (Å²) in [5, 5.41) is 14.2. The van der Waals surface area contributed by atoms with E-state index < -0.39 is 7.60 Å². The molecule has 0 saturated carbocycles. The number of nitrogen functional groups attached to an aromatic ring is 2. The highest BCUT2D eigenvalue weighted by molar-refractivity contribution is 7.51. The Morgan fingerprint density at radius 3 is 2.54 bits per heavy atom. The van der Waals surface area contributed by atoms with E-state index in [9.17, 15) is 9.46 Å². The topological polar surface area (TPSA) is 152 Å². The highest BCUT2D eigenvalue weighted by Gasteiger charge is 2.22. The standard InChI is InChI=1S/C14H21N6O3P/c1-3-9(2)23-24(21,22)8-10-4-6-11(7-5-10)17-18-12-13(15)19-20-14(12)16/h4-7,9H,3,8H2,1-2H3,(H,21,22)(H5,15,16,19,20). The Kier molecular flexibility index (Phi) is 5.71. The van der Waals surface area contributed by atoms with Crippen molar-refractivity contribution in [1.29, 1.82) is 0 Å². The molecule has 0 amide bonds. The third-order valence-electron chi connectivity index (χ3n) is 3.30. The summed E-state index contributed by atoms with van der Waals surface area (Å²) in [6, 6.07) is 6.74. The van der Waals surface area contributed by atoms with Gasteiger partial charge < -0.3 is 20.9 Å². The van der Waals surface area contributed by atoms with Crippen molar-refractivity contribution in [1.82, 2.24) is 10.2 Å². The van der Waals surface area contributed by atoms with Crippen molar-refractivity contribution in [2.24, 2.45) is 10.2 Å². The van der Waals surface area contributed by atoms with Crippen LogP contribution in [0.15, 0.2) is 34.5 Å². The Labute approximate surface area is 139 Å². The van der Waals surface area contributed by atoms with Crippen molar-refractivity contribution in [3.05, 3.63) is 29.8 Å². The average molecular weight is 352 g/mol. The lowest BCUT2D eigenvalue weighted by molar-refractivity contribution is 0.185. The molecule has 2 aromatic rings. The predicted molar refractivity (Wildman–Crippen MR) is 92.4 cm³/mol. The second-order valence-corrected chi connectivity index (χ2v) is 7.16. The number of H-pyrrole nitrogens is 1. The Morgan fingerprint density at radius 2 is 2.00 bits per heavy atom. The van der Waals surface area contributed by atoms with E-state index in [2.05, 4.69) is 20.4 Å². The molecule has 1 heterocycles. The maximum Gasteiger partial charge on any atom is 0.332 e. The molecule has 0 fully saturated rings. The summed E-state index contributed by atoms with van der Waals surface area (Å²) < 4.78 is 17.2. The van der Waals surface area contributed by atoms with Gasteiger partial charge in [-0.25, -0.2) is 0 Å². The SMILES string of the molecule is CCC(C)OP(=O)(O)Cc1ccc(N=Nc2c(N)n[nH]c2N)cc1. The Hall–Kier alpha value is -2.22. The number of benzene rings is 1. The van der Waals surface area contributed by atoms with Crippen LogP contribution in [0.2, 0.25) is 0 Å². The number of nitrogens with two attached hydrogens (primary N) is 2. The summed E-state index contributed by atoms with van der Waals surface area (Å²) in [5.41, 5.74) is 12.7. The van der Waals surface area contributed by atoms with Gasteiger partial charge in [-0.05, 0) is 31.0 Å². The van der Waals surface area contributed by atoms with Gasteiger partial charge in [0, 0.05) is 0 Å². The van der Waals surface area contributed by atoms with Gasteiger partial charge in [0.25, 0.3) is 0 Å². The van der Waals surface area contributed by atoms with Gasteiger partial charge in [-0.15, -0.1) is 5.11 Å². The third kappa shape index (κ3) is 4.89. The minimum Gasteiger partial charge on any atom is -0.382 e. The molecule has 0 saturated heterocycles. The van der Waals surface area contributed by atoms with Crippen LogP contribution in [-0.4, -0.2) is 21.2 Å². The number of aromatic amines is 1. The molecule has 1 aromatic carbocycles. The van der Waals surface area contributed by atoms with Gasteiger partial charge in [0.2, 0.25) is 0 Å². The van der Waals surface area contributed by atoms with Gasteiger partial charge in [-0.2, -0.15) is 10.2 Å². The number of nitrogens with one attached hydrogen (secondary N) is 1. The lowest BCUT2D eigenvalue weighted by atomic mass is 10.2. The summed E-state index contributed by atoms with van der Waals surface area (Å²) in [4.78, 5) is 9.88. The maximum atomic E-state index is 12.0. The van der Waals surface area contributed by atoms with E-state index in [0.717, 1.165) is 0 Å². The van der Waals surface area contributed by atoms with Crippen LogP contribution < -0.4 is 11.5 Å². The molecule has 24 heavy (non-hydrogen) atoms. The summed E-state index contributed by atoms with van der Waals surface area (Å²) in [5.74, 6) is 0.396. The monoisotopic (exact) mass is 352 g/mol. The fourth-order valence-electron chi connectivity index (χ4n) is 1.87. The number of anilines is 2. The predicted octanol–water partition coefficient (Wildman–Crippen LogP) is 3.49. The summed E-state index contributed by atoms with van der Waals surface area (Å²) in [6.45, 7) is 3.66. The molecule has 10 heteroatoms. The molecule has 2 atom stereocenters. The first-order valence-electron chi connectivity index (χ1n) is 7.41. The first-order chi connectivity index (χ1) is 11.3. The van der Waals surface area contributed by atoms with Crippen LogP contribution >= 0.6 is 7.60 Å². The molecule has 1 aromatic heterocycles. The smallest absolute Gasteiger partial charge is 0.332 e. The zero-order valence-corrected chi connectivity index (χ0v) is 14.4. The molecule has 6 N–H and O–H groups in total. The second kappa shape index (κ2) is 7.57. The molecule has 0 aliphatic carbocycles. The lowest BCUT2D eigenvalue weighted by Gasteiger charge is -2.16. The van der Waals surface area contributed by atoms with Gasteiger partial charge in [-0.3, -0.25) is 9.66 Å². The number of azo groups is 1. The number of rotatable bonds is 7. The number of hydrogen-bond donors (Lipinski definition) is 4. The number of aromatic nitrogens is 2. The first kappa shape index (κ1) is 18.1. The maximum absolute atomic E-state index is 12.0. The van der Waals surface area contributed by atoms with E-state index in [1.54, 1.807) is 31.2 Å². The van der Waals surface area contributed by atoms with Crippen LogP contribution in [0.5, 0.6) is 0 Å². The summed E-state index contributed by atoms with van der Waals surface area (Å²) in [7, 11) is -3.67. The van der Waals surface area contributed by atoms with E-state index in [1.165, 1.54) is 0 Å². The van der Waals surface area contributed by atoms with E-state index in [1.807, 2.05) is 6.92 Å². The normalized spacial score (nSPS) is 15.5. The highest BCUT2D eigenvalue weighted by Crippen LogP contribution is 2.47. The molecule has 9 nitrogen and oxygen atoms in total. The van der Waals surface area contributed by atoms with E-state index in [4.69, 9.17) is 16.0 Å². The van der Waals surface area contributed by atoms with Crippen molar-refractivity contribution >= 4 is 30.6 Å². The fourth-order valence-corrected chi connectivity index (χ4v) is 3.33. The van der Waals surface area contributed by atoms with Gasteiger partial charge in [0.05, 0.1) is 18.0 Å². The van der Waals surface area contributed by atoms with Crippen molar-refractivity contribution in [3.63, 3.8) is 0 Å². The van der Waals surface area contributed by atoms with Crippen LogP contribution in [0.3, 0.4) is 0 Å². The first-order valence-corrected chi connectivity index (χ1v) is 9.17. The number of nitrogens with zero attached hydrogens (tertiary/aromatic N) is 3. The zero-order chi connectivity index (χ0) is 17.7. The average Bonchev–Trinajstić information content (AvgIpc) is 2.84. The third-order valence-corrected chi connectivity index (χ3v) is 4.75. The Morgan fingerprint density at radius 1 is 1.33 bits per heavy atom. The quantitative estimate of drug-likeness (QED) is 0.442. The van der Waals surface area contributed by atoms with Crippen molar-refractivity contribution in [2.45, 2.75) is 32.5 Å². The van der Waals surface area contributed by atoms with Gasteiger partial charge in [0.1, 0.15) is 5.82 Å². The Bertz CT molecular complexity index is 739. The van der Waals surface area contributed by atoms with Crippen LogP contribution in [0, 0.1) is 0 Å². The van der Waals surface area contributed by atoms with Crippen LogP contribution in [0.1, 0.15) is 25.8 Å². The minimum atomic E-state index is -3.67. The van der Waals surface area contributed by atoms with E-state index >= 15 is 0 Å². The van der Waals surface area contributed by atoms with Crippen LogP contribution in [0.4, 0.5) is 23.0 Å². The molecule has 130 valence electrons. The molecule has 2 unspecified atom stereocenters. The van der Waals surface area contributed by atoms with E-state index in [0.29, 0.717) is 17.7 Å². The molecular formula is C14H21N6O3P. The summed E-state index contributed by atoms with van der Waals surface area (Å²) >= 11 is 0. The minimum absolute atomic E-state index is 0.0591. The molecular weight excluding hydrogens is 331 g/mol. The molecule has 0 aliphatic rings. The molecule has 0 aliphatic heterocycles. The largest absolute Gasteiger partial charge is 0.382 e. The van der Waals surface area contributed by atoms with Crippen LogP contribution in [-0.2, 0) is 15.3 Å². The van der Waals surface area contributed by atoms with Gasteiger partial charge in [0.15, 0.2) is 11.5 Å². The molecule has 0 bridgehead atoms. The Balaban J connectivity index is 2.04. The second-order valence-electron chi connectivity index (χ2n) is 5.36. The highest BCUT2D eigenvalue weighted by atomic mass is 31.2. The van der Waals surface area contributed by atoms with Crippen molar-refractivity contribution in [2.75, 3.05) is 11.5 Å². The summed E-state index contributed by atoms with van der Waals surface area (Å²) in [6.07, 6.45) is 0.348. The fraction of sp³-hybridized carbons (Fsp3) is 0.357. The lowest BCUT2D eigenvalue weighted by Crippen LogP contribution is -2.05. The number of hydrogen-bond acceptors (Lipinski definition) is 7. The van der Waals surface area contributed by atoms with E-state index in [-0.39, 0.29) is 29.6 Å². The van der Waals surface area contributed by atoms with Crippen LogP contribution in [0.25, 0.3) is 0 Å². The molecule has 0 spiro atoms. The molecule has 2 rings (SSSR count). The van der Waals surface area contributed by atoms with Gasteiger partial charge in [-0.1, -0.05) is 19.1 Å². The van der Waals surface area contributed by atoms with Crippen molar-refractivity contribution < 1.29 is 14.0 Å².